The van der Waals surface area contributed by atoms with E-state index in [1.807, 2.05) is 0 Å². The van der Waals surface area contributed by atoms with E-state index in [2.05, 4.69) is 20.6 Å². The highest BCUT2D eigenvalue weighted by molar-refractivity contribution is 6.38. The average Bonchev–Trinajstić information content (AvgIpc) is 2.42. The maximum Gasteiger partial charge on any atom is 0.321 e. The molecule has 0 saturated carbocycles. The summed E-state index contributed by atoms with van der Waals surface area (Å²) in [6.45, 7) is 5.00. The minimum absolute atomic E-state index is 0.149. The molecule has 1 heterocycles. The first-order valence-electron chi connectivity index (χ1n) is 7.00. The quantitative estimate of drug-likeness (QED) is 0.865. The standard InChI is InChI=1S/C15H16Cl2N4O3/c1-15(2,3)21-14(23)20-11(22)6-24-13-9-4-8(16)5-10(17)12(9)18-7-19-13/h4-5,7H,6H2,1-3H3,(H2,20,21,22,23). The van der Waals surface area contributed by atoms with Gasteiger partial charge in [0.25, 0.3) is 5.91 Å². The number of imide groups is 1. The highest BCUT2D eigenvalue weighted by Crippen LogP contribution is 2.30. The molecule has 0 unspecified atom stereocenters. The van der Waals surface area contributed by atoms with Crippen LogP contribution in [0.25, 0.3) is 10.9 Å². The van der Waals surface area contributed by atoms with Gasteiger partial charge in [0.1, 0.15) is 6.33 Å². The largest absolute Gasteiger partial charge is 0.467 e. The monoisotopic (exact) mass is 370 g/mol. The first kappa shape index (κ1) is 18.2. The van der Waals surface area contributed by atoms with E-state index in [0.717, 1.165) is 0 Å². The number of fused-ring (bicyclic) bond motifs is 1. The fourth-order valence-electron chi connectivity index (χ4n) is 1.85. The fraction of sp³-hybridized carbons (Fsp3) is 0.333. The van der Waals surface area contributed by atoms with Crippen molar-refractivity contribution in [2.45, 2.75) is 26.3 Å². The average molecular weight is 371 g/mol. The summed E-state index contributed by atoms with van der Waals surface area (Å²) in [4.78, 5) is 31.4. The molecule has 0 aliphatic heterocycles. The fourth-order valence-corrected chi connectivity index (χ4v) is 2.39. The van der Waals surface area contributed by atoms with Crippen LogP contribution in [0.2, 0.25) is 10.0 Å². The van der Waals surface area contributed by atoms with Crippen molar-refractivity contribution in [3.63, 3.8) is 0 Å². The van der Waals surface area contributed by atoms with Crippen LogP contribution in [0.15, 0.2) is 18.5 Å². The van der Waals surface area contributed by atoms with Crippen LogP contribution in [0.3, 0.4) is 0 Å². The maximum absolute atomic E-state index is 11.8. The zero-order valence-corrected chi connectivity index (χ0v) is 14.8. The lowest BCUT2D eigenvalue weighted by molar-refractivity contribution is -0.122. The Labute approximate surface area is 148 Å². The first-order chi connectivity index (χ1) is 11.2. The number of hydrogen-bond donors (Lipinski definition) is 2. The Bertz CT molecular complexity index is 790. The molecular formula is C15H16Cl2N4O3. The summed E-state index contributed by atoms with van der Waals surface area (Å²) in [6.07, 6.45) is 1.27. The molecule has 7 nitrogen and oxygen atoms in total. The summed E-state index contributed by atoms with van der Waals surface area (Å²) in [5, 5.41) is 5.98. The first-order valence-corrected chi connectivity index (χ1v) is 7.76. The summed E-state index contributed by atoms with van der Waals surface area (Å²) in [6, 6.07) is 2.53. The van der Waals surface area contributed by atoms with Crippen LogP contribution >= 0.6 is 23.2 Å². The zero-order valence-electron chi connectivity index (χ0n) is 13.3. The molecule has 0 aliphatic carbocycles. The molecule has 24 heavy (non-hydrogen) atoms. The van der Waals surface area contributed by atoms with Crippen molar-refractivity contribution >= 4 is 46.0 Å². The van der Waals surface area contributed by atoms with E-state index in [0.29, 0.717) is 20.9 Å². The van der Waals surface area contributed by atoms with Crippen LogP contribution in [0.4, 0.5) is 4.79 Å². The maximum atomic E-state index is 11.8. The normalized spacial score (nSPS) is 11.2. The van der Waals surface area contributed by atoms with Crippen molar-refractivity contribution < 1.29 is 14.3 Å². The number of halogens is 2. The molecule has 9 heteroatoms. The number of benzene rings is 1. The molecule has 0 bridgehead atoms. The second kappa shape index (κ2) is 7.19. The van der Waals surface area contributed by atoms with Crippen LogP contribution in [0.5, 0.6) is 5.88 Å². The molecule has 0 radical (unpaired) electrons. The van der Waals surface area contributed by atoms with Gasteiger partial charge in [-0.2, -0.15) is 0 Å². The van der Waals surface area contributed by atoms with E-state index in [-0.39, 0.29) is 5.88 Å². The second-order valence-electron chi connectivity index (χ2n) is 6.00. The highest BCUT2D eigenvalue weighted by atomic mass is 35.5. The number of aromatic nitrogens is 2. The Kier molecular flexibility index (Phi) is 5.46. The Morgan fingerprint density at radius 3 is 2.58 bits per heavy atom. The predicted molar refractivity (Wildman–Crippen MR) is 91.5 cm³/mol. The molecule has 128 valence electrons. The van der Waals surface area contributed by atoms with Crippen molar-refractivity contribution in [2.75, 3.05) is 6.61 Å². The van der Waals surface area contributed by atoms with Gasteiger partial charge in [-0.25, -0.2) is 14.8 Å². The molecule has 0 fully saturated rings. The predicted octanol–water partition coefficient (Wildman–Crippen LogP) is 2.94. The summed E-state index contributed by atoms with van der Waals surface area (Å²) in [7, 11) is 0. The van der Waals surface area contributed by atoms with Crippen LogP contribution in [-0.4, -0.2) is 34.1 Å². The Balaban J connectivity index is 2.06. The van der Waals surface area contributed by atoms with E-state index in [4.69, 9.17) is 27.9 Å². The van der Waals surface area contributed by atoms with E-state index < -0.39 is 24.1 Å². The van der Waals surface area contributed by atoms with Crippen LogP contribution in [0, 0.1) is 0 Å². The molecule has 0 saturated heterocycles. The smallest absolute Gasteiger partial charge is 0.321 e. The number of nitrogens with one attached hydrogen (secondary N) is 2. The van der Waals surface area contributed by atoms with Gasteiger partial charge in [0.2, 0.25) is 5.88 Å². The van der Waals surface area contributed by atoms with Crippen molar-refractivity contribution in [1.82, 2.24) is 20.6 Å². The van der Waals surface area contributed by atoms with Crippen LogP contribution in [-0.2, 0) is 4.79 Å². The van der Waals surface area contributed by atoms with E-state index in [1.54, 1.807) is 32.9 Å². The van der Waals surface area contributed by atoms with Gasteiger partial charge >= 0.3 is 6.03 Å². The number of amides is 3. The SMILES string of the molecule is CC(C)(C)NC(=O)NC(=O)COc1ncnc2c(Cl)cc(Cl)cc12. The third-order valence-corrected chi connectivity index (χ3v) is 3.21. The Hall–Kier alpha value is -2.12. The minimum atomic E-state index is -0.614. The lowest BCUT2D eigenvalue weighted by Crippen LogP contribution is -2.49. The van der Waals surface area contributed by atoms with Gasteiger partial charge < -0.3 is 10.1 Å². The van der Waals surface area contributed by atoms with Gasteiger partial charge in [0.15, 0.2) is 6.61 Å². The number of urea groups is 1. The molecule has 1 aromatic carbocycles. The lowest BCUT2D eigenvalue weighted by atomic mass is 10.1. The second-order valence-corrected chi connectivity index (χ2v) is 6.85. The summed E-state index contributed by atoms with van der Waals surface area (Å²) < 4.78 is 5.36. The molecule has 1 aromatic heterocycles. The number of carbonyl (C=O) groups excluding carboxylic acids is 2. The number of nitrogens with zero attached hydrogens (tertiary/aromatic N) is 2. The molecule has 3 amide bonds. The third kappa shape index (κ3) is 4.94. The lowest BCUT2D eigenvalue weighted by Gasteiger charge is -2.20. The third-order valence-electron chi connectivity index (χ3n) is 2.70. The van der Waals surface area contributed by atoms with Gasteiger partial charge in [-0.1, -0.05) is 23.2 Å². The molecule has 0 aliphatic rings. The number of hydrogen-bond acceptors (Lipinski definition) is 5. The van der Waals surface area contributed by atoms with Crippen molar-refractivity contribution in [2.24, 2.45) is 0 Å². The minimum Gasteiger partial charge on any atom is -0.467 e. The van der Waals surface area contributed by atoms with Gasteiger partial charge in [-0.15, -0.1) is 0 Å². The van der Waals surface area contributed by atoms with Crippen molar-refractivity contribution in [1.29, 1.82) is 0 Å². The van der Waals surface area contributed by atoms with Crippen molar-refractivity contribution in [3.8, 4) is 5.88 Å². The molecule has 2 aromatic rings. The van der Waals surface area contributed by atoms with Crippen molar-refractivity contribution in [3.05, 3.63) is 28.5 Å². The van der Waals surface area contributed by atoms with Gasteiger partial charge in [0.05, 0.1) is 15.9 Å². The number of ether oxygens (including phenoxy) is 1. The Morgan fingerprint density at radius 2 is 1.92 bits per heavy atom. The van der Waals surface area contributed by atoms with E-state index in [9.17, 15) is 9.59 Å². The topological polar surface area (TPSA) is 93.2 Å². The number of carbonyl (C=O) groups is 2. The van der Waals surface area contributed by atoms with Gasteiger partial charge in [0, 0.05) is 10.6 Å². The van der Waals surface area contributed by atoms with E-state index in [1.165, 1.54) is 6.33 Å². The zero-order chi connectivity index (χ0) is 17.9. The van der Waals surface area contributed by atoms with Crippen LogP contribution in [0.1, 0.15) is 20.8 Å². The summed E-state index contributed by atoms with van der Waals surface area (Å²) in [5.74, 6) is -0.465. The molecule has 0 spiro atoms. The molecule has 2 N–H and O–H groups in total. The molecule has 2 rings (SSSR count). The van der Waals surface area contributed by atoms with Gasteiger partial charge in [-0.05, 0) is 32.9 Å². The van der Waals surface area contributed by atoms with E-state index >= 15 is 0 Å². The summed E-state index contributed by atoms with van der Waals surface area (Å²) >= 11 is 12.0. The Morgan fingerprint density at radius 1 is 1.21 bits per heavy atom. The van der Waals surface area contributed by atoms with Gasteiger partial charge in [-0.3, -0.25) is 10.1 Å². The summed E-state index contributed by atoms with van der Waals surface area (Å²) in [5.41, 5.74) is -0.00126. The highest BCUT2D eigenvalue weighted by Gasteiger charge is 2.16. The molecule has 0 atom stereocenters. The molecular weight excluding hydrogens is 355 g/mol. The number of rotatable bonds is 3. The van der Waals surface area contributed by atoms with Crippen LogP contribution < -0.4 is 15.4 Å².